The Morgan fingerprint density at radius 2 is 2.12 bits per heavy atom. The van der Waals surface area contributed by atoms with Crippen molar-refractivity contribution in [2.75, 3.05) is 13.2 Å². The lowest BCUT2D eigenvalue weighted by Crippen LogP contribution is -2.07. The minimum absolute atomic E-state index is 0.0619. The molecule has 0 saturated heterocycles. The minimum Gasteiger partial charge on any atom is -0.381 e. The number of halogens is 1. The van der Waals surface area contributed by atoms with Crippen LogP contribution in [-0.2, 0) is 4.74 Å². The van der Waals surface area contributed by atoms with Crippen LogP contribution in [0.1, 0.15) is 35.7 Å². The summed E-state index contributed by atoms with van der Waals surface area (Å²) in [6.45, 7) is 4.89. The number of aryl methyl sites for hydroxylation is 1. The van der Waals surface area contributed by atoms with Crippen molar-refractivity contribution in [3.05, 3.63) is 35.1 Å². The zero-order chi connectivity index (χ0) is 12.0. The third-order valence-electron chi connectivity index (χ3n) is 2.32. The van der Waals surface area contributed by atoms with E-state index in [4.69, 9.17) is 4.74 Å². The van der Waals surface area contributed by atoms with Crippen molar-refractivity contribution < 1.29 is 13.9 Å². The average Bonchev–Trinajstić information content (AvgIpc) is 2.27. The van der Waals surface area contributed by atoms with Crippen LogP contribution in [0.3, 0.4) is 0 Å². The first kappa shape index (κ1) is 12.8. The number of hydrogen-bond acceptors (Lipinski definition) is 2. The molecule has 1 rings (SSSR count). The fourth-order valence-electron chi connectivity index (χ4n) is 1.44. The van der Waals surface area contributed by atoms with Crippen LogP contribution in [0.5, 0.6) is 0 Å². The molecule has 1 aromatic rings. The Morgan fingerprint density at radius 3 is 2.81 bits per heavy atom. The molecule has 0 saturated carbocycles. The molecule has 0 fully saturated rings. The predicted molar refractivity (Wildman–Crippen MR) is 61.2 cm³/mol. The Morgan fingerprint density at radius 1 is 1.38 bits per heavy atom. The molecule has 88 valence electrons. The fraction of sp³-hybridized carbons (Fsp3) is 0.462. The lowest BCUT2D eigenvalue weighted by Gasteiger charge is -2.05. The van der Waals surface area contributed by atoms with Crippen molar-refractivity contribution in [3.63, 3.8) is 0 Å². The number of carbonyl (C=O) groups excluding carboxylic acids is 1. The summed E-state index contributed by atoms with van der Waals surface area (Å²) in [6, 6.07) is 4.27. The first-order chi connectivity index (χ1) is 7.65. The largest absolute Gasteiger partial charge is 0.381 e. The van der Waals surface area contributed by atoms with Gasteiger partial charge < -0.3 is 4.74 Å². The van der Waals surface area contributed by atoms with Crippen LogP contribution in [0.15, 0.2) is 18.2 Å². The molecule has 0 spiro atoms. The molecule has 0 N–H and O–H groups in total. The third-order valence-corrected chi connectivity index (χ3v) is 2.32. The highest BCUT2D eigenvalue weighted by atomic mass is 19.1. The molecular weight excluding hydrogens is 207 g/mol. The molecular formula is C13H17FO2. The van der Waals surface area contributed by atoms with Gasteiger partial charge in [0.05, 0.1) is 6.61 Å². The van der Waals surface area contributed by atoms with Crippen LogP contribution in [-0.4, -0.2) is 19.0 Å². The summed E-state index contributed by atoms with van der Waals surface area (Å²) in [5.41, 5.74) is 1.27. The number of ether oxygens (including phenoxy) is 1. The maximum Gasteiger partial charge on any atom is 0.165 e. The second kappa shape index (κ2) is 6.38. The van der Waals surface area contributed by atoms with E-state index in [1.54, 1.807) is 13.0 Å². The highest BCUT2D eigenvalue weighted by Crippen LogP contribution is 2.12. The molecule has 2 nitrogen and oxygen atoms in total. The van der Waals surface area contributed by atoms with Crippen molar-refractivity contribution in [1.29, 1.82) is 0 Å². The highest BCUT2D eigenvalue weighted by molar-refractivity contribution is 5.97. The summed E-state index contributed by atoms with van der Waals surface area (Å²) < 4.78 is 18.2. The van der Waals surface area contributed by atoms with Crippen molar-refractivity contribution in [1.82, 2.24) is 0 Å². The van der Waals surface area contributed by atoms with Gasteiger partial charge in [0.2, 0.25) is 0 Å². The minimum atomic E-state index is -0.372. The normalized spacial score (nSPS) is 10.4. The number of benzene rings is 1. The Balaban J connectivity index is 2.55. The summed E-state index contributed by atoms with van der Waals surface area (Å²) in [5, 5.41) is 0. The summed E-state index contributed by atoms with van der Waals surface area (Å²) in [6.07, 6.45) is 1.25. The van der Waals surface area contributed by atoms with Gasteiger partial charge in [-0.15, -0.1) is 0 Å². The van der Waals surface area contributed by atoms with E-state index in [2.05, 4.69) is 0 Å². The van der Waals surface area contributed by atoms with E-state index in [0.29, 0.717) is 25.2 Å². The number of hydrogen-bond donors (Lipinski definition) is 0. The molecule has 0 bridgehead atoms. The highest BCUT2D eigenvalue weighted by Gasteiger charge is 2.09. The van der Waals surface area contributed by atoms with Gasteiger partial charge >= 0.3 is 0 Å². The van der Waals surface area contributed by atoms with Gasteiger partial charge in [-0.2, -0.15) is 0 Å². The third kappa shape index (κ3) is 3.74. The fourth-order valence-corrected chi connectivity index (χ4v) is 1.44. The van der Waals surface area contributed by atoms with E-state index >= 15 is 0 Å². The van der Waals surface area contributed by atoms with Crippen LogP contribution >= 0.6 is 0 Å². The summed E-state index contributed by atoms with van der Waals surface area (Å²) in [7, 11) is 0. The second-order valence-electron chi connectivity index (χ2n) is 3.74. The molecule has 0 aliphatic carbocycles. The maximum atomic E-state index is 13.0. The lowest BCUT2D eigenvalue weighted by molar-refractivity contribution is 0.0878. The van der Waals surface area contributed by atoms with E-state index < -0.39 is 0 Å². The zero-order valence-corrected chi connectivity index (χ0v) is 9.75. The topological polar surface area (TPSA) is 26.3 Å². The summed E-state index contributed by atoms with van der Waals surface area (Å²) >= 11 is 0. The molecule has 1 aromatic carbocycles. The molecule has 16 heavy (non-hydrogen) atoms. The van der Waals surface area contributed by atoms with Crippen LogP contribution < -0.4 is 0 Å². The molecule has 3 heteroatoms. The van der Waals surface area contributed by atoms with E-state index in [1.165, 1.54) is 12.1 Å². The van der Waals surface area contributed by atoms with Gasteiger partial charge in [-0.25, -0.2) is 4.39 Å². The van der Waals surface area contributed by atoms with Gasteiger partial charge in [0, 0.05) is 18.6 Å². The maximum absolute atomic E-state index is 13.0. The molecule has 0 radical (unpaired) electrons. The quantitative estimate of drug-likeness (QED) is 0.548. The Labute approximate surface area is 95.4 Å². The summed E-state index contributed by atoms with van der Waals surface area (Å²) in [4.78, 5) is 11.7. The number of Topliss-reactive ketones (excluding diaryl/α,β-unsaturated/α-hetero) is 1. The van der Waals surface area contributed by atoms with Crippen LogP contribution in [0, 0.1) is 12.7 Å². The van der Waals surface area contributed by atoms with Gasteiger partial charge in [-0.3, -0.25) is 4.79 Å². The summed E-state index contributed by atoms with van der Waals surface area (Å²) in [5.74, 6) is -0.434. The van der Waals surface area contributed by atoms with Crippen LogP contribution in [0.2, 0.25) is 0 Å². The van der Waals surface area contributed by atoms with E-state index in [9.17, 15) is 9.18 Å². The zero-order valence-electron chi connectivity index (χ0n) is 9.75. The first-order valence-corrected chi connectivity index (χ1v) is 5.52. The van der Waals surface area contributed by atoms with E-state index in [0.717, 1.165) is 12.0 Å². The number of ketones is 1. The van der Waals surface area contributed by atoms with Gasteiger partial charge in [0.25, 0.3) is 0 Å². The van der Waals surface area contributed by atoms with E-state index in [1.807, 2.05) is 6.92 Å². The van der Waals surface area contributed by atoms with Gasteiger partial charge in [0.15, 0.2) is 5.78 Å². The molecule has 0 unspecified atom stereocenters. The van der Waals surface area contributed by atoms with Gasteiger partial charge in [-0.05, 0) is 31.0 Å². The molecule has 0 amide bonds. The SMILES string of the molecule is CCCOCCC(=O)c1cc(F)ccc1C. The molecule has 0 atom stereocenters. The van der Waals surface area contributed by atoms with Gasteiger partial charge in [-0.1, -0.05) is 13.0 Å². The second-order valence-corrected chi connectivity index (χ2v) is 3.74. The van der Waals surface area contributed by atoms with Crippen LogP contribution in [0.25, 0.3) is 0 Å². The smallest absolute Gasteiger partial charge is 0.165 e. The van der Waals surface area contributed by atoms with Crippen molar-refractivity contribution in [2.45, 2.75) is 26.7 Å². The van der Waals surface area contributed by atoms with E-state index in [-0.39, 0.29) is 11.6 Å². The number of carbonyl (C=O) groups is 1. The number of rotatable bonds is 6. The molecule has 0 aliphatic heterocycles. The van der Waals surface area contributed by atoms with Crippen molar-refractivity contribution in [2.24, 2.45) is 0 Å². The lowest BCUT2D eigenvalue weighted by atomic mass is 10.0. The molecule has 0 aliphatic rings. The Hall–Kier alpha value is -1.22. The average molecular weight is 224 g/mol. The standard InChI is InChI=1S/C13H17FO2/c1-3-7-16-8-6-13(15)12-9-11(14)5-4-10(12)2/h4-5,9H,3,6-8H2,1-2H3. The van der Waals surface area contributed by atoms with Crippen LogP contribution in [0.4, 0.5) is 4.39 Å². The van der Waals surface area contributed by atoms with Crippen molar-refractivity contribution >= 4 is 5.78 Å². The predicted octanol–water partition coefficient (Wildman–Crippen LogP) is 3.13. The van der Waals surface area contributed by atoms with Crippen molar-refractivity contribution in [3.8, 4) is 0 Å². The monoisotopic (exact) mass is 224 g/mol. The molecule has 0 heterocycles. The Kier molecular flexibility index (Phi) is 5.12. The Bertz CT molecular complexity index is 361. The molecule has 0 aromatic heterocycles. The first-order valence-electron chi connectivity index (χ1n) is 5.52. The van der Waals surface area contributed by atoms with Gasteiger partial charge in [0.1, 0.15) is 5.82 Å².